The second-order valence-corrected chi connectivity index (χ2v) is 7.92. The van der Waals surface area contributed by atoms with Crippen LogP contribution in [0.2, 0.25) is 0 Å². The molecule has 0 unspecified atom stereocenters. The van der Waals surface area contributed by atoms with Gasteiger partial charge in [-0.05, 0) is 61.0 Å². The van der Waals surface area contributed by atoms with Crippen LogP contribution in [0.25, 0.3) is 0 Å². The van der Waals surface area contributed by atoms with Gasteiger partial charge < -0.3 is 15.2 Å². The Kier molecular flexibility index (Phi) is 4.97. The Morgan fingerprint density at radius 1 is 0.879 bits per heavy atom. The highest BCUT2D eigenvalue weighted by Gasteiger charge is 2.37. The number of fused-ring (bicyclic) bond motifs is 8. The van der Waals surface area contributed by atoms with E-state index in [2.05, 4.69) is 10.3 Å². The number of halogens is 4. The van der Waals surface area contributed by atoms with E-state index in [9.17, 15) is 27.2 Å². The Hall–Kier alpha value is -3.66. The molecule has 0 fully saturated rings. The van der Waals surface area contributed by atoms with Crippen molar-refractivity contribution in [1.82, 2.24) is 10.3 Å². The average molecular weight is 458 g/mol. The molecular weight excluding hydrogens is 440 g/mol. The van der Waals surface area contributed by atoms with Crippen LogP contribution in [0.5, 0.6) is 0 Å². The highest BCUT2D eigenvalue weighted by molar-refractivity contribution is 6.13. The molecule has 170 valence electrons. The van der Waals surface area contributed by atoms with Crippen molar-refractivity contribution >= 4 is 23.0 Å². The first-order chi connectivity index (χ1) is 15.7. The molecule has 5 rings (SSSR count). The number of carbonyl (C=O) groups is 1. The summed E-state index contributed by atoms with van der Waals surface area (Å²) in [5.41, 5.74) is 0.909. The number of rotatable bonds is 0. The minimum atomic E-state index is -4.63. The molecule has 33 heavy (non-hydrogen) atoms. The average Bonchev–Trinajstić information content (AvgIpc) is 2.79. The highest BCUT2D eigenvalue weighted by Crippen LogP contribution is 2.41. The molecule has 2 bridgehead atoms. The number of amides is 1. The summed E-state index contributed by atoms with van der Waals surface area (Å²) in [4.78, 5) is 31.1. The van der Waals surface area contributed by atoms with Crippen molar-refractivity contribution in [3.63, 3.8) is 0 Å². The summed E-state index contributed by atoms with van der Waals surface area (Å²) in [6, 6.07) is 10.0. The lowest BCUT2D eigenvalue weighted by molar-refractivity contribution is -0.137. The predicted octanol–water partition coefficient (Wildman–Crippen LogP) is 3.93. The number of alkyl halides is 3. The van der Waals surface area contributed by atoms with Gasteiger partial charge in [0.15, 0.2) is 0 Å². The number of carbonyl (C=O) groups excluding carboxylic acids is 1. The SMILES string of the molecule is O=C1c2cc(C(F)(F)F)ccc2N2CN1c1ccc(=O)[nH]c1CNCCc1cc(F)ccc12. The predicted molar refractivity (Wildman–Crippen MR) is 114 cm³/mol. The van der Waals surface area contributed by atoms with Crippen molar-refractivity contribution in [2.45, 2.75) is 19.1 Å². The van der Waals surface area contributed by atoms with Crippen LogP contribution < -0.4 is 20.7 Å². The summed E-state index contributed by atoms with van der Waals surface area (Å²) in [7, 11) is 0. The molecule has 0 saturated heterocycles. The van der Waals surface area contributed by atoms with Crippen molar-refractivity contribution in [3.8, 4) is 0 Å². The zero-order valence-corrected chi connectivity index (χ0v) is 17.2. The summed E-state index contributed by atoms with van der Waals surface area (Å²) in [6.07, 6.45) is -4.20. The van der Waals surface area contributed by atoms with Gasteiger partial charge in [0, 0.05) is 18.3 Å². The first-order valence-electron chi connectivity index (χ1n) is 10.2. The van der Waals surface area contributed by atoms with E-state index in [0.29, 0.717) is 41.3 Å². The van der Waals surface area contributed by atoms with E-state index >= 15 is 0 Å². The molecule has 1 amide bonds. The smallest absolute Gasteiger partial charge is 0.323 e. The van der Waals surface area contributed by atoms with E-state index < -0.39 is 23.5 Å². The van der Waals surface area contributed by atoms with Gasteiger partial charge in [0.1, 0.15) is 12.5 Å². The number of nitrogens with one attached hydrogen (secondary N) is 2. The number of aromatic amines is 1. The normalized spacial score (nSPS) is 15.9. The summed E-state index contributed by atoms with van der Waals surface area (Å²) in [5, 5.41) is 3.17. The molecular formula is C23H18F4N4O2. The Bertz CT molecular complexity index is 1320. The first kappa shape index (κ1) is 21.2. The first-order valence-corrected chi connectivity index (χ1v) is 10.2. The third kappa shape index (κ3) is 3.76. The minimum Gasteiger partial charge on any atom is -0.323 e. The zero-order valence-electron chi connectivity index (χ0n) is 17.2. The van der Waals surface area contributed by atoms with Gasteiger partial charge in [0.2, 0.25) is 5.56 Å². The molecule has 2 aliphatic heterocycles. The monoisotopic (exact) mass is 458 g/mol. The third-order valence-electron chi connectivity index (χ3n) is 5.84. The molecule has 2 N–H and O–H groups in total. The second-order valence-electron chi connectivity index (χ2n) is 7.92. The number of aromatic nitrogens is 1. The van der Waals surface area contributed by atoms with Crippen LogP contribution >= 0.6 is 0 Å². The van der Waals surface area contributed by atoms with Crippen molar-refractivity contribution in [2.24, 2.45) is 0 Å². The Morgan fingerprint density at radius 3 is 2.42 bits per heavy atom. The van der Waals surface area contributed by atoms with Crippen LogP contribution in [-0.4, -0.2) is 24.1 Å². The maximum absolute atomic E-state index is 14.0. The lowest BCUT2D eigenvalue weighted by atomic mass is 10.0. The van der Waals surface area contributed by atoms with Crippen molar-refractivity contribution in [2.75, 3.05) is 23.0 Å². The number of pyridine rings is 1. The fraction of sp³-hybridized carbons (Fsp3) is 0.217. The number of H-pyrrole nitrogens is 1. The van der Waals surface area contributed by atoms with Gasteiger partial charge in [-0.3, -0.25) is 14.5 Å². The van der Waals surface area contributed by atoms with Crippen LogP contribution in [0.3, 0.4) is 0 Å². The van der Waals surface area contributed by atoms with Gasteiger partial charge in [-0.1, -0.05) is 0 Å². The molecule has 2 aliphatic rings. The lowest BCUT2D eigenvalue weighted by Gasteiger charge is -2.39. The van der Waals surface area contributed by atoms with E-state index in [1.807, 2.05) is 0 Å². The van der Waals surface area contributed by atoms with E-state index in [1.165, 1.54) is 35.2 Å². The summed E-state index contributed by atoms with van der Waals surface area (Å²) < 4.78 is 54.3. The molecule has 1 aromatic heterocycles. The molecule has 0 saturated carbocycles. The van der Waals surface area contributed by atoms with Gasteiger partial charge in [0.25, 0.3) is 5.91 Å². The van der Waals surface area contributed by atoms with Crippen molar-refractivity contribution in [3.05, 3.63) is 87.1 Å². The zero-order chi connectivity index (χ0) is 23.3. The highest BCUT2D eigenvalue weighted by atomic mass is 19.4. The second kappa shape index (κ2) is 7.73. The van der Waals surface area contributed by atoms with E-state index in [4.69, 9.17) is 0 Å². The Balaban J connectivity index is 1.76. The molecule has 0 aliphatic carbocycles. The van der Waals surface area contributed by atoms with Crippen LogP contribution in [0.15, 0.2) is 53.3 Å². The Labute approximate surface area is 185 Å². The third-order valence-corrected chi connectivity index (χ3v) is 5.84. The maximum Gasteiger partial charge on any atom is 0.416 e. The summed E-state index contributed by atoms with van der Waals surface area (Å²) in [5.74, 6) is -1.06. The molecule has 10 heteroatoms. The topological polar surface area (TPSA) is 68.4 Å². The van der Waals surface area contributed by atoms with Gasteiger partial charge in [-0.2, -0.15) is 13.2 Å². The quantitative estimate of drug-likeness (QED) is 0.501. The van der Waals surface area contributed by atoms with E-state index in [0.717, 1.165) is 12.1 Å². The molecule has 6 nitrogen and oxygen atoms in total. The largest absolute Gasteiger partial charge is 0.416 e. The Morgan fingerprint density at radius 2 is 1.64 bits per heavy atom. The fourth-order valence-corrected chi connectivity index (χ4v) is 4.29. The molecule has 2 aromatic carbocycles. The van der Waals surface area contributed by atoms with Crippen LogP contribution in [0.4, 0.5) is 34.6 Å². The number of hydrogen-bond donors (Lipinski definition) is 2. The van der Waals surface area contributed by atoms with Gasteiger partial charge in [-0.15, -0.1) is 0 Å². The summed E-state index contributed by atoms with van der Waals surface area (Å²) >= 11 is 0. The van der Waals surface area contributed by atoms with Crippen molar-refractivity contribution in [1.29, 1.82) is 0 Å². The minimum absolute atomic E-state index is 0.0190. The number of hydrogen-bond acceptors (Lipinski definition) is 4. The molecule has 0 atom stereocenters. The molecule has 0 radical (unpaired) electrons. The molecule has 3 heterocycles. The van der Waals surface area contributed by atoms with E-state index in [-0.39, 0.29) is 24.3 Å². The maximum atomic E-state index is 14.0. The van der Waals surface area contributed by atoms with Crippen LogP contribution in [0, 0.1) is 5.82 Å². The standard InChI is InChI=1S/C23H18F4N4O2/c24-15-2-4-18-13(9-15)7-8-28-11-17-20(5-6-21(32)29-17)31-12-30(18)19-3-1-14(23(25,26)27)10-16(19)22(31)33/h1-6,9-10,28H,7-8,11-12H2,(H,29,32). The fourth-order valence-electron chi connectivity index (χ4n) is 4.29. The molecule has 0 spiro atoms. The van der Waals surface area contributed by atoms with Gasteiger partial charge in [0.05, 0.1) is 28.2 Å². The number of benzene rings is 2. The van der Waals surface area contributed by atoms with Gasteiger partial charge >= 0.3 is 6.18 Å². The summed E-state index contributed by atoms with van der Waals surface area (Å²) in [6.45, 7) is 0.651. The van der Waals surface area contributed by atoms with Crippen LogP contribution in [0.1, 0.15) is 27.2 Å². The lowest BCUT2D eigenvalue weighted by Crippen LogP contribution is -2.46. The number of anilines is 3. The molecule has 3 aromatic rings. The van der Waals surface area contributed by atoms with Crippen LogP contribution in [-0.2, 0) is 19.1 Å². The van der Waals surface area contributed by atoms with Gasteiger partial charge in [-0.25, -0.2) is 4.39 Å². The van der Waals surface area contributed by atoms with Crippen molar-refractivity contribution < 1.29 is 22.4 Å². The van der Waals surface area contributed by atoms with E-state index in [1.54, 1.807) is 11.0 Å². The number of nitrogens with zero attached hydrogens (tertiary/aromatic N) is 2.